The van der Waals surface area contributed by atoms with E-state index in [0.717, 1.165) is 11.1 Å². The van der Waals surface area contributed by atoms with E-state index < -0.39 is 5.97 Å². The summed E-state index contributed by atoms with van der Waals surface area (Å²) in [6.45, 7) is 0.650. The molecule has 0 atom stereocenters. The second kappa shape index (κ2) is 9.99. The highest BCUT2D eigenvalue weighted by atomic mass is 19.1. The molecule has 2 aromatic carbocycles. The van der Waals surface area contributed by atoms with E-state index in [1.54, 1.807) is 18.3 Å². The minimum Gasteiger partial charge on any atom is -0.494 e. The van der Waals surface area contributed by atoms with Crippen molar-refractivity contribution in [3.8, 4) is 5.75 Å². The highest BCUT2D eigenvalue weighted by molar-refractivity contribution is 6.11. The maximum absolute atomic E-state index is 13.2. The first-order valence-corrected chi connectivity index (χ1v) is 9.58. The van der Waals surface area contributed by atoms with Crippen LogP contribution in [0.2, 0.25) is 0 Å². The summed E-state index contributed by atoms with van der Waals surface area (Å²) in [7, 11) is 4.22. The number of methoxy groups -OCH3 is 3. The molecule has 0 fully saturated rings. The molecule has 1 N–H and O–H groups in total. The van der Waals surface area contributed by atoms with Crippen molar-refractivity contribution in [3.05, 3.63) is 70.7 Å². The molecule has 0 unspecified atom stereocenters. The van der Waals surface area contributed by atoms with Gasteiger partial charge in [-0.2, -0.15) is 0 Å². The Labute approximate surface area is 179 Å². The molecule has 0 aliphatic heterocycles. The Bertz CT molecular complexity index is 1100. The number of rotatable bonds is 8. The van der Waals surface area contributed by atoms with E-state index in [1.165, 1.54) is 39.5 Å². The quantitative estimate of drug-likeness (QED) is 0.440. The zero-order chi connectivity index (χ0) is 22.4. The topological polar surface area (TPSA) is 86.8 Å². The Morgan fingerprint density at radius 3 is 2.42 bits per heavy atom. The summed E-state index contributed by atoms with van der Waals surface area (Å²) < 4.78 is 28.5. The first-order chi connectivity index (χ1) is 15.0. The van der Waals surface area contributed by atoms with Crippen LogP contribution in [0.15, 0.2) is 42.6 Å². The van der Waals surface area contributed by atoms with Crippen LogP contribution in [-0.4, -0.2) is 51.3 Å². The molecule has 31 heavy (non-hydrogen) atoms. The fraction of sp³-hybridized carbons (Fsp3) is 0.261. The van der Waals surface area contributed by atoms with Gasteiger partial charge in [0, 0.05) is 30.8 Å². The van der Waals surface area contributed by atoms with Crippen LogP contribution in [0.5, 0.6) is 5.75 Å². The first-order valence-electron chi connectivity index (χ1n) is 9.58. The van der Waals surface area contributed by atoms with Crippen LogP contribution in [0.1, 0.15) is 31.8 Å². The van der Waals surface area contributed by atoms with E-state index in [1.807, 2.05) is 6.07 Å². The van der Waals surface area contributed by atoms with Crippen LogP contribution in [0.25, 0.3) is 10.9 Å². The lowest BCUT2D eigenvalue weighted by Crippen LogP contribution is -2.27. The fourth-order valence-corrected chi connectivity index (χ4v) is 3.26. The van der Waals surface area contributed by atoms with Crippen LogP contribution in [0, 0.1) is 5.82 Å². The van der Waals surface area contributed by atoms with E-state index in [-0.39, 0.29) is 28.6 Å². The minimum atomic E-state index is -0.637. The van der Waals surface area contributed by atoms with Crippen molar-refractivity contribution in [2.24, 2.45) is 0 Å². The number of amides is 1. The predicted molar refractivity (Wildman–Crippen MR) is 113 cm³/mol. The SMILES string of the molecule is COCCNC(=O)c1cc(C(=O)OC)c(OC)c2ncc(Cc3ccc(F)cc3)cc12. The number of nitrogens with one attached hydrogen (secondary N) is 1. The molecule has 0 saturated heterocycles. The van der Waals surface area contributed by atoms with Gasteiger partial charge >= 0.3 is 5.97 Å². The van der Waals surface area contributed by atoms with E-state index in [0.29, 0.717) is 30.5 Å². The number of hydrogen-bond donors (Lipinski definition) is 1. The molecule has 0 radical (unpaired) electrons. The number of hydrogen-bond acceptors (Lipinski definition) is 6. The van der Waals surface area contributed by atoms with Crippen molar-refractivity contribution < 1.29 is 28.2 Å². The zero-order valence-electron chi connectivity index (χ0n) is 17.5. The molecule has 3 aromatic rings. The number of fused-ring (bicyclic) bond motifs is 1. The van der Waals surface area contributed by atoms with Gasteiger partial charge in [-0.1, -0.05) is 12.1 Å². The Balaban J connectivity index is 2.12. The maximum atomic E-state index is 13.2. The number of pyridine rings is 1. The van der Waals surface area contributed by atoms with Crippen LogP contribution >= 0.6 is 0 Å². The molecule has 0 spiro atoms. The lowest BCUT2D eigenvalue weighted by molar-refractivity contribution is 0.0597. The van der Waals surface area contributed by atoms with Gasteiger partial charge in [0.25, 0.3) is 5.91 Å². The Kier molecular flexibility index (Phi) is 7.15. The standard InChI is InChI=1S/C23H23FN2O5/c1-29-9-8-25-22(27)18-12-19(23(28)31-3)21(30-2)20-17(18)11-15(13-26-20)10-14-4-6-16(24)7-5-14/h4-7,11-13H,8-10H2,1-3H3,(H,25,27). The highest BCUT2D eigenvalue weighted by Gasteiger charge is 2.23. The minimum absolute atomic E-state index is 0.105. The second-order valence-electron chi connectivity index (χ2n) is 6.79. The normalized spacial score (nSPS) is 10.7. The molecule has 1 heterocycles. The van der Waals surface area contributed by atoms with Gasteiger partial charge in [0.05, 0.1) is 20.8 Å². The number of carbonyl (C=O) groups is 2. The summed E-state index contributed by atoms with van der Waals surface area (Å²) in [5.41, 5.74) is 2.45. The van der Waals surface area contributed by atoms with Crippen molar-refractivity contribution in [1.29, 1.82) is 0 Å². The number of aromatic nitrogens is 1. The van der Waals surface area contributed by atoms with E-state index >= 15 is 0 Å². The summed E-state index contributed by atoms with van der Waals surface area (Å²) >= 11 is 0. The summed E-state index contributed by atoms with van der Waals surface area (Å²) in [6.07, 6.45) is 2.14. The Hall–Kier alpha value is -3.52. The van der Waals surface area contributed by atoms with Gasteiger partial charge in [-0.3, -0.25) is 9.78 Å². The predicted octanol–water partition coefficient (Wildman–Crippen LogP) is 3.14. The highest BCUT2D eigenvalue weighted by Crippen LogP contribution is 2.33. The van der Waals surface area contributed by atoms with Gasteiger partial charge in [-0.05, 0) is 41.8 Å². The first kappa shape index (κ1) is 22.2. The van der Waals surface area contributed by atoms with Crippen molar-refractivity contribution >= 4 is 22.8 Å². The molecule has 162 valence electrons. The molecular formula is C23H23FN2O5. The third-order valence-electron chi connectivity index (χ3n) is 4.75. The summed E-state index contributed by atoms with van der Waals surface area (Å²) in [4.78, 5) is 29.6. The molecule has 1 aromatic heterocycles. The summed E-state index contributed by atoms with van der Waals surface area (Å²) in [5.74, 6) is -1.10. The maximum Gasteiger partial charge on any atom is 0.341 e. The van der Waals surface area contributed by atoms with Crippen LogP contribution in [0.4, 0.5) is 4.39 Å². The van der Waals surface area contributed by atoms with Gasteiger partial charge in [-0.15, -0.1) is 0 Å². The number of ether oxygens (including phenoxy) is 3. The average molecular weight is 426 g/mol. The van der Waals surface area contributed by atoms with Gasteiger partial charge in [0.15, 0.2) is 5.75 Å². The van der Waals surface area contributed by atoms with Crippen molar-refractivity contribution in [3.63, 3.8) is 0 Å². The van der Waals surface area contributed by atoms with Crippen LogP contribution in [-0.2, 0) is 15.9 Å². The van der Waals surface area contributed by atoms with Crippen molar-refractivity contribution in [2.45, 2.75) is 6.42 Å². The second-order valence-corrected chi connectivity index (χ2v) is 6.79. The molecule has 0 saturated carbocycles. The van der Waals surface area contributed by atoms with E-state index in [9.17, 15) is 14.0 Å². The number of benzene rings is 2. The van der Waals surface area contributed by atoms with Gasteiger partial charge in [0.2, 0.25) is 0 Å². The monoisotopic (exact) mass is 426 g/mol. The lowest BCUT2D eigenvalue weighted by Gasteiger charge is -2.15. The Morgan fingerprint density at radius 1 is 1.03 bits per heavy atom. The molecule has 3 rings (SSSR count). The number of esters is 1. The molecule has 1 amide bonds. The zero-order valence-corrected chi connectivity index (χ0v) is 17.5. The van der Waals surface area contributed by atoms with E-state index in [2.05, 4.69) is 10.3 Å². The number of halogens is 1. The fourth-order valence-electron chi connectivity index (χ4n) is 3.26. The van der Waals surface area contributed by atoms with Crippen molar-refractivity contribution in [2.75, 3.05) is 34.5 Å². The summed E-state index contributed by atoms with van der Waals surface area (Å²) in [6, 6.07) is 9.44. The molecule has 0 aliphatic rings. The smallest absolute Gasteiger partial charge is 0.341 e. The summed E-state index contributed by atoms with van der Waals surface area (Å²) in [5, 5.41) is 3.29. The van der Waals surface area contributed by atoms with Gasteiger partial charge in [-0.25, -0.2) is 9.18 Å². The third kappa shape index (κ3) is 4.97. The average Bonchev–Trinajstić information content (AvgIpc) is 2.79. The van der Waals surface area contributed by atoms with Crippen LogP contribution in [0.3, 0.4) is 0 Å². The van der Waals surface area contributed by atoms with Crippen molar-refractivity contribution in [1.82, 2.24) is 10.3 Å². The molecule has 0 aliphatic carbocycles. The number of carbonyl (C=O) groups excluding carboxylic acids is 2. The van der Waals surface area contributed by atoms with Crippen LogP contribution < -0.4 is 10.1 Å². The van der Waals surface area contributed by atoms with E-state index in [4.69, 9.17) is 14.2 Å². The van der Waals surface area contributed by atoms with Gasteiger partial charge < -0.3 is 19.5 Å². The molecule has 7 nitrogen and oxygen atoms in total. The Morgan fingerprint density at radius 2 is 1.77 bits per heavy atom. The molecule has 0 bridgehead atoms. The van der Waals surface area contributed by atoms with Gasteiger partial charge in [0.1, 0.15) is 16.9 Å². The third-order valence-corrected chi connectivity index (χ3v) is 4.75. The number of nitrogens with zero attached hydrogens (tertiary/aromatic N) is 1. The molecule has 8 heteroatoms. The lowest BCUT2D eigenvalue weighted by atomic mass is 9.98. The molecular weight excluding hydrogens is 403 g/mol. The largest absolute Gasteiger partial charge is 0.494 e.